The number of carbonyl (C=O) groups excluding carboxylic acids is 1. The van der Waals surface area contributed by atoms with Crippen LogP contribution in [0.25, 0.3) is 0 Å². The molecule has 1 atom stereocenters. The molecule has 1 N–H and O–H groups in total. The number of rotatable bonds is 5. The average molecular weight is 372 g/mol. The summed E-state index contributed by atoms with van der Waals surface area (Å²) in [6.07, 6.45) is 3.88. The third-order valence-corrected chi connectivity index (χ3v) is 5.09. The predicted octanol–water partition coefficient (Wildman–Crippen LogP) is 3.92. The summed E-state index contributed by atoms with van der Waals surface area (Å²) in [4.78, 5) is 14.9. The van der Waals surface area contributed by atoms with Crippen LogP contribution in [0.2, 0.25) is 0 Å². The Balaban J connectivity index is 1.77. The molecule has 28 heavy (non-hydrogen) atoms. The highest BCUT2D eigenvalue weighted by Gasteiger charge is 2.30. The molecule has 2 heterocycles. The van der Waals surface area contributed by atoms with Crippen molar-refractivity contribution in [2.24, 2.45) is 0 Å². The van der Waals surface area contributed by atoms with Crippen molar-refractivity contribution in [3.63, 3.8) is 0 Å². The Morgan fingerprint density at radius 2 is 1.93 bits per heavy atom. The highest BCUT2D eigenvalue weighted by atomic mass is 16.2. The second-order valence-corrected chi connectivity index (χ2v) is 7.10. The molecule has 0 radical (unpaired) electrons. The number of aromatic nitrogens is 2. The van der Waals surface area contributed by atoms with E-state index in [1.54, 1.807) is 0 Å². The Morgan fingerprint density at radius 3 is 2.71 bits per heavy atom. The van der Waals surface area contributed by atoms with Crippen LogP contribution >= 0.6 is 0 Å². The zero-order chi connectivity index (χ0) is 19.5. The molecule has 5 nitrogen and oxygen atoms in total. The molecular weight excluding hydrogens is 348 g/mol. The van der Waals surface area contributed by atoms with Crippen molar-refractivity contribution in [2.45, 2.75) is 26.1 Å². The molecule has 0 aliphatic carbocycles. The fraction of sp³-hybridized carbons (Fsp3) is 0.217. The maximum Gasteiger partial charge on any atom is 0.238 e. The van der Waals surface area contributed by atoms with Gasteiger partial charge in [-0.05, 0) is 24.1 Å². The number of fused-ring (bicyclic) bond motifs is 1. The molecule has 142 valence electrons. The van der Waals surface area contributed by atoms with Crippen molar-refractivity contribution < 1.29 is 4.79 Å². The fourth-order valence-electron chi connectivity index (χ4n) is 3.84. The lowest BCUT2D eigenvalue weighted by Crippen LogP contribution is -2.33. The highest BCUT2D eigenvalue weighted by molar-refractivity contribution is 5.94. The topological polar surface area (TPSA) is 50.2 Å². The predicted molar refractivity (Wildman–Crippen MR) is 111 cm³/mol. The van der Waals surface area contributed by atoms with Crippen molar-refractivity contribution >= 4 is 11.6 Å². The number of benzene rings is 2. The lowest BCUT2D eigenvalue weighted by molar-refractivity contribution is -0.117. The molecule has 1 aliphatic heterocycles. The molecule has 1 aliphatic rings. The Morgan fingerprint density at radius 1 is 1.18 bits per heavy atom. The number of aryl methyl sites for hydroxylation is 1. The van der Waals surface area contributed by atoms with E-state index in [-0.39, 0.29) is 11.9 Å². The van der Waals surface area contributed by atoms with Gasteiger partial charge >= 0.3 is 0 Å². The Kier molecular flexibility index (Phi) is 5.08. The normalized spacial score (nSPS) is 16.9. The molecule has 2 aromatic carbocycles. The summed E-state index contributed by atoms with van der Waals surface area (Å²) in [5.74, 6) is 0.00187. The van der Waals surface area contributed by atoms with Gasteiger partial charge in [-0.2, -0.15) is 5.10 Å². The van der Waals surface area contributed by atoms with E-state index in [0.29, 0.717) is 19.6 Å². The number of nitrogens with one attached hydrogen (secondary N) is 1. The van der Waals surface area contributed by atoms with Gasteiger partial charge in [0.15, 0.2) is 0 Å². The van der Waals surface area contributed by atoms with E-state index in [4.69, 9.17) is 0 Å². The van der Waals surface area contributed by atoms with Crippen LogP contribution in [0.1, 0.15) is 28.4 Å². The van der Waals surface area contributed by atoms with E-state index in [2.05, 4.69) is 40.1 Å². The Bertz CT molecular complexity index is 993. The summed E-state index contributed by atoms with van der Waals surface area (Å²) >= 11 is 0. The lowest BCUT2D eigenvalue weighted by atomic mass is 9.95. The summed E-state index contributed by atoms with van der Waals surface area (Å²) in [6.45, 7) is 7.43. The number of allylic oxidation sites excluding steroid dienone is 1. The first-order valence-electron chi connectivity index (χ1n) is 9.47. The van der Waals surface area contributed by atoms with Crippen LogP contribution in [0.5, 0.6) is 0 Å². The van der Waals surface area contributed by atoms with Crippen molar-refractivity contribution in [3.05, 3.63) is 95.8 Å². The highest BCUT2D eigenvalue weighted by Crippen LogP contribution is 2.36. The van der Waals surface area contributed by atoms with Crippen LogP contribution < -0.4 is 5.32 Å². The number of amides is 1. The largest absolute Gasteiger partial charge is 0.325 e. The van der Waals surface area contributed by atoms with Crippen LogP contribution in [0.4, 0.5) is 5.69 Å². The number of anilines is 1. The smallest absolute Gasteiger partial charge is 0.238 e. The summed E-state index contributed by atoms with van der Waals surface area (Å²) in [6, 6.07) is 18.4. The van der Waals surface area contributed by atoms with Crippen LogP contribution in [-0.2, 0) is 17.9 Å². The van der Waals surface area contributed by atoms with Gasteiger partial charge in [-0.15, -0.1) is 6.58 Å². The molecule has 0 bridgehead atoms. The van der Waals surface area contributed by atoms with Crippen LogP contribution in [0, 0.1) is 6.92 Å². The van der Waals surface area contributed by atoms with Gasteiger partial charge in [-0.1, -0.05) is 54.6 Å². The van der Waals surface area contributed by atoms with E-state index >= 15 is 0 Å². The van der Waals surface area contributed by atoms with Crippen molar-refractivity contribution in [1.82, 2.24) is 14.7 Å². The van der Waals surface area contributed by atoms with E-state index < -0.39 is 0 Å². The molecule has 0 saturated heterocycles. The molecule has 0 spiro atoms. The van der Waals surface area contributed by atoms with Gasteiger partial charge < -0.3 is 5.32 Å². The molecule has 1 amide bonds. The number of para-hydroxylation sites is 1. The van der Waals surface area contributed by atoms with Gasteiger partial charge in [0, 0.05) is 24.0 Å². The number of carbonyl (C=O) groups is 1. The third kappa shape index (κ3) is 3.62. The molecule has 0 unspecified atom stereocenters. The monoisotopic (exact) mass is 372 g/mol. The summed E-state index contributed by atoms with van der Waals surface area (Å²) in [5.41, 5.74) is 5.25. The van der Waals surface area contributed by atoms with Gasteiger partial charge in [0.2, 0.25) is 5.91 Å². The summed E-state index contributed by atoms with van der Waals surface area (Å²) in [7, 11) is 0. The maximum atomic E-state index is 12.6. The van der Waals surface area contributed by atoms with Crippen molar-refractivity contribution in [2.75, 3.05) is 11.9 Å². The molecule has 5 heteroatoms. The third-order valence-electron chi connectivity index (χ3n) is 5.09. The summed E-state index contributed by atoms with van der Waals surface area (Å²) < 4.78 is 1.89. The molecular formula is C23H24N4O. The van der Waals surface area contributed by atoms with E-state index in [1.807, 2.05) is 60.3 Å². The molecule has 3 aromatic rings. The van der Waals surface area contributed by atoms with Crippen molar-refractivity contribution in [3.8, 4) is 0 Å². The standard InChI is InChI=1S/C23H24N4O/c1-3-13-27-15-19(17(2)25-27)14-26-16-22(28)24-21-12-8-7-11-20(21)23(26)18-9-5-4-6-10-18/h3-12,15,23H,1,13-14,16H2,2H3,(H,24,28)/t23-/m0/s1. The van der Waals surface area contributed by atoms with Gasteiger partial charge in [-0.25, -0.2) is 0 Å². The zero-order valence-electron chi connectivity index (χ0n) is 16.0. The van der Waals surface area contributed by atoms with E-state index in [1.165, 1.54) is 5.56 Å². The minimum Gasteiger partial charge on any atom is -0.325 e. The quantitative estimate of drug-likeness (QED) is 0.691. The van der Waals surface area contributed by atoms with Crippen molar-refractivity contribution in [1.29, 1.82) is 0 Å². The number of nitrogens with zero attached hydrogens (tertiary/aromatic N) is 3. The van der Waals surface area contributed by atoms with Gasteiger partial charge in [0.05, 0.1) is 24.8 Å². The number of hydrogen-bond acceptors (Lipinski definition) is 3. The molecule has 0 saturated carbocycles. The lowest BCUT2D eigenvalue weighted by Gasteiger charge is -2.30. The number of hydrogen-bond donors (Lipinski definition) is 1. The van der Waals surface area contributed by atoms with E-state index in [0.717, 1.165) is 22.5 Å². The maximum absolute atomic E-state index is 12.6. The first kappa shape index (κ1) is 18.2. The first-order chi connectivity index (χ1) is 13.7. The van der Waals surface area contributed by atoms with Gasteiger partial charge in [0.25, 0.3) is 0 Å². The van der Waals surface area contributed by atoms with Gasteiger partial charge in [0.1, 0.15) is 0 Å². The average Bonchev–Trinajstić information content (AvgIpc) is 2.95. The minimum absolute atomic E-state index is 0.00187. The van der Waals surface area contributed by atoms with Crippen LogP contribution in [-0.4, -0.2) is 27.1 Å². The Hall–Kier alpha value is -3.18. The van der Waals surface area contributed by atoms with E-state index in [9.17, 15) is 4.79 Å². The zero-order valence-corrected chi connectivity index (χ0v) is 16.0. The first-order valence-corrected chi connectivity index (χ1v) is 9.47. The van der Waals surface area contributed by atoms with Crippen LogP contribution in [0.15, 0.2) is 73.4 Å². The molecule has 0 fully saturated rings. The Labute approximate surface area is 165 Å². The second-order valence-electron chi connectivity index (χ2n) is 7.10. The second kappa shape index (κ2) is 7.82. The fourth-order valence-corrected chi connectivity index (χ4v) is 3.84. The molecule has 4 rings (SSSR count). The SMILES string of the molecule is C=CCn1cc(CN2CC(=O)Nc3ccccc3[C@@H]2c2ccccc2)c(C)n1. The molecule has 1 aromatic heterocycles. The minimum atomic E-state index is -0.0153. The summed E-state index contributed by atoms with van der Waals surface area (Å²) in [5, 5.41) is 7.63. The van der Waals surface area contributed by atoms with Crippen LogP contribution in [0.3, 0.4) is 0 Å². The van der Waals surface area contributed by atoms with Gasteiger partial charge in [-0.3, -0.25) is 14.4 Å².